The number of likely N-dealkylation sites (tertiary alicyclic amines) is 1. The van der Waals surface area contributed by atoms with Crippen molar-refractivity contribution in [3.8, 4) is 5.75 Å². The first-order valence-corrected chi connectivity index (χ1v) is 12.3. The van der Waals surface area contributed by atoms with Crippen molar-refractivity contribution in [2.45, 2.75) is 82.0 Å². The maximum Gasteiger partial charge on any atom is 0.255 e. The van der Waals surface area contributed by atoms with Crippen molar-refractivity contribution in [2.24, 2.45) is 5.41 Å². The number of imide groups is 1. The number of hydrogen-bond donors (Lipinski definition) is 1. The number of nitrogens with one attached hydrogen (secondary N) is 1. The molecule has 0 bridgehead atoms. The number of ether oxygens (including phenoxy) is 1. The van der Waals surface area contributed by atoms with E-state index in [9.17, 15) is 23.2 Å². The summed E-state index contributed by atoms with van der Waals surface area (Å²) in [6.45, 7) is 1.77. The van der Waals surface area contributed by atoms with E-state index in [0.717, 1.165) is 44.3 Å². The van der Waals surface area contributed by atoms with Gasteiger partial charge in [-0.2, -0.15) is 0 Å². The van der Waals surface area contributed by atoms with Gasteiger partial charge in [0.15, 0.2) is 0 Å². The molecule has 1 N–H and O–H groups in total. The van der Waals surface area contributed by atoms with Crippen LogP contribution in [0.1, 0.15) is 67.3 Å². The fraction of sp³-hybridized carbons (Fsp3) is 0.640. The van der Waals surface area contributed by atoms with Gasteiger partial charge in [-0.15, -0.1) is 0 Å². The zero-order chi connectivity index (χ0) is 23.7. The summed E-state index contributed by atoms with van der Waals surface area (Å²) in [5, 5.41) is 2.32. The van der Waals surface area contributed by atoms with Gasteiger partial charge in [0, 0.05) is 55.9 Å². The maximum absolute atomic E-state index is 13.4. The van der Waals surface area contributed by atoms with E-state index in [1.807, 2.05) is 6.07 Å². The third-order valence-electron chi connectivity index (χ3n) is 8.26. The van der Waals surface area contributed by atoms with Gasteiger partial charge < -0.3 is 9.64 Å². The molecular weight excluding hydrogens is 444 g/mol. The molecular formula is C25H29F2N3O4. The van der Waals surface area contributed by atoms with Crippen LogP contribution in [0.5, 0.6) is 5.75 Å². The van der Waals surface area contributed by atoms with Crippen molar-refractivity contribution in [3.05, 3.63) is 29.3 Å². The standard InChI is InChI=1S/C25H29F2N3O4/c26-25(27)11-24(12-25)13-29(14-24)18-3-1-2-4-20(18)34-16-5-6-17-15(9-16)10-30(23(17)33)19-7-8-21(31)28-22(19)32/h5-6,9,18-20H,1-4,7-8,10-14H2,(H,28,31,32)/t18-,19?,20-/m0/s1. The van der Waals surface area contributed by atoms with E-state index in [-0.39, 0.29) is 48.6 Å². The number of carbonyl (C=O) groups is 3. The average Bonchev–Trinajstić information content (AvgIpc) is 3.06. The molecule has 3 amide bonds. The number of alkyl halides is 2. The monoisotopic (exact) mass is 473 g/mol. The minimum absolute atomic E-state index is 0.00641. The second-order valence-corrected chi connectivity index (χ2v) is 10.8. The van der Waals surface area contributed by atoms with Crippen molar-refractivity contribution < 1.29 is 27.9 Å². The van der Waals surface area contributed by atoms with Gasteiger partial charge in [-0.25, -0.2) is 8.78 Å². The molecule has 3 aliphatic heterocycles. The molecule has 5 aliphatic rings. The lowest BCUT2D eigenvalue weighted by Crippen LogP contribution is -2.69. The second kappa shape index (κ2) is 7.73. The summed E-state index contributed by atoms with van der Waals surface area (Å²) in [7, 11) is 0. The Kier molecular flexibility index (Phi) is 4.99. The highest BCUT2D eigenvalue weighted by Gasteiger charge is 2.62. The Balaban J connectivity index is 1.12. The molecule has 1 spiro atoms. The molecule has 7 nitrogen and oxygen atoms in total. The van der Waals surface area contributed by atoms with Gasteiger partial charge >= 0.3 is 0 Å². The molecule has 2 aliphatic carbocycles. The van der Waals surface area contributed by atoms with Crippen LogP contribution in [0.2, 0.25) is 0 Å². The van der Waals surface area contributed by atoms with Crippen molar-refractivity contribution in [1.29, 1.82) is 0 Å². The third kappa shape index (κ3) is 3.68. The third-order valence-corrected chi connectivity index (χ3v) is 8.26. The molecule has 0 radical (unpaired) electrons. The number of halogens is 2. The molecule has 1 aromatic rings. The van der Waals surface area contributed by atoms with Crippen molar-refractivity contribution in [2.75, 3.05) is 13.1 Å². The summed E-state index contributed by atoms with van der Waals surface area (Å²) in [5.41, 5.74) is 1.19. The highest BCUT2D eigenvalue weighted by Crippen LogP contribution is 2.57. The molecule has 2 saturated heterocycles. The molecule has 2 saturated carbocycles. The first kappa shape index (κ1) is 21.9. The van der Waals surface area contributed by atoms with Crippen LogP contribution in [0.25, 0.3) is 0 Å². The summed E-state index contributed by atoms with van der Waals surface area (Å²) in [6.07, 6.45) is 4.69. The molecule has 6 rings (SSSR count). The lowest BCUT2D eigenvalue weighted by atomic mass is 9.60. The predicted molar refractivity (Wildman–Crippen MR) is 117 cm³/mol. The zero-order valence-corrected chi connectivity index (χ0v) is 19.0. The second-order valence-electron chi connectivity index (χ2n) is 10.8. The number of piperidine rings is 1. The van der Waals surface area contributed by atoms with Crippen molar-refractivity contribution >= 4 is 17.7 Å². The van der Waals surface area contributed by atoms with Gasteiger partial charge in [0.25, 0.3) is 5.91 Å². The van der Waals surface area contributed by atoms with Gasteiger partial charge in [0.1, 0.15) is 17.9 Å². The van der Waals surface area contributed by atoms with E-state index < -0.39 is 17.9 Å². The minimum Gasteiger partial charge on any atom is -0.489 e. The van der Waals surface area contributed by atoms with Crippen molar-refractivity contribution in [1.82, 2.24) is 15.1 Å². The largest absolute Gasteiger partial charge is 0.489 e. The van der Waals surface area contributed by atoms with E-state index in [4.69, 9.17) is 4.74 Å². The number of nitrogens with zero attached hydrogens (tertiary/aromatic N) is 2. The fourth-order valence-corrected chi connectivity index (χ4v) is 6.75. The molecule has 1 aromatic carbocycles. The number of fused-ring (bicyclic) bond motifs is 1. The Morgan fingerprint density at radius 3 is 2.53 bits per heavy atom. The Morgan fingerprint density at radius 1 is 1.03 bits per heavy atom. The summed E-state index contributed by atoms with van der Waals surface area (Å²) in [6, 6.07) is 5.03. The first-order valence-electron chi connectivity index (χ1n) is 12.3. The van der Waals surface area contributed by atoms with Crippen LogP contribution in [0.3, 0.4) is 0 Å². The van der Waals surface area contributed by atoms with Gasteiger partial charge in [0.2, 0.25) is 17.7 Å². The molecule has 0 aromatic heterocycles. The van der Waals surface area contributed by atoms with Gasteiger partial charge in [-0.3, -0.25) is 24.6 Å². The molecule has 182 valence electrons. The van der Waals surface area contributed by atoms with Crippen LogP contribution < -0.4 is 10.1 Å². The van der Waals surface area contributed by atoms with Crippen LogP contribution in [-0.2, 0) is 16.1 Å². The molecule has 3 heterocycles. The summed E-state index contributed by atoms with van der Waals surface area (Å²) in [5.74, 6) is -2.72. The van der Waals surface area contributed by atoms with Crippen LogP contribution in [0.4, 0.5) is 8.78 Å². The highest BCUT2D eigenvalue weighted by atomic mass is 19.3. The lowest BCUT2D eigenvalue weighted by Gasteiger charge is -2.61. The summed E-state index contributed by atoms with van der Waals surface area (Å²) in [4.78, 5) is 40.5. The molecule has 9 heteroatoms. The maximum atomic E-state index is 13.4. The summed E-state index contributed by atoms with van der Waals surface area (Å²) < 4.78 is 33.2. The van der Waals surface area contributed by atoms with E-state index in [0.29, 0.717) is 24.3 Å². The zero-order valence-electron chi connectivity index (χ0n) is 19.0. The first-order chi connectivity index (χ1) is 16.2. The number of amides is 3. The normalized spacial score (nSPS) is 32.1. The van der Waals surface area contributed by atoms with Gasteiger partial charge in [-0.05, 0) is 49.4 Å². The summed E-state index contributed by atoms with van der Waals surface area (Å²) >= 11 is 0. The van der Waals surface area contributed by atoms with Gasteiger partial charge in [0.05, 0.1) is 0 Å². The van der Waals surface area contributed by atoms with E-state index in [1.165, 1.54) is 4.90 Å². The Hall–Kier alpha value is -2.55. The van der Waals surface area contributed by atoms with E-state index in [2.05, 4.69) is 10.2 Å². The SMILES string of the molecule is O=C1CCC(N2Cc3cc(O[C@H]4CCCC[C@@H]4N4CC5(C4)CC(F)(F)C5)ccc3C2=O)C(=O)N1. The lowest BCUT2D eigenvalue weighted by molar-refractivity contribution is -0.226. The number of carbonyl (C=O) groups excluding carboxylic acids is 3. The number of hydrogen-bond acceptors (Lipinski definition) is 5. The fourth-order valence-electron chi connectivity index (χ4n) is 6.75. The van der Waals surface area contributed by atoms with Crippen LogP contribution in [-0.4, -0.2) is 64.7 Å². The quantitative estimate of drug-likeness (QED) is 0.681. The Labute approximate surface area is 196 Å². The Morgan fingerprint density at radius 2 is 1.79 bits per heavy atom. The number of benzene rings is 1. The minimum atomic E-state index is -2.49. The van der Waals surface area contributed by atoms with E-state index >= 15 is 0 Å². The topological polar surface area (TPSA) is 79.0 Å². The molecule has 1 unspecified atom stereocenters. The van der Waals surface area contributed by atoms with Crippen molar-refractivity contribution in [3.63, 3.8) is 0 Å². The van der Waals surface area contributed by atoms with E-state index in [1.54, 1.807) is 12.1 Å². The molecule has 3 atom stereocenters. The van der Waals surface area contributed by atoms with Crippen LogP contribution >= 0.6 is 0 Å². The van der Waals surface area contributed by atoms with Crippen LogP contribution in [0.15, 0.2) is 18.2 Å². The molecule has 34 heavy (non-hydrogen) atoms. The van der Waals surface area contributed by atoms with Crippen LogP contribution in [0, 0.1) is 5.41 Å². The smallest absolute Gasteiger partial charge is 0.255 e. The predicted octanol–water partition coefficient (Wildman–Crippen LogP) is 2.87. The average molecular weight is 474 g/mol. The number of rotatable bonds is 4. The highest BCUT2D eigenvalue weighted by molar-refractivity contribution is 6.05. The molecule has 4 fully saturated rings. The van der Waals surface area contributed by atoms with Gasteiger partial charge in [-0.1, -0.05) is 6.42 Å². The Bertz CT molecular complexity index is 1040.